The number of ether oxygens (including phenoxy) is 3. The van der Waals surface area contributed by atoms with Crippen LogP contribution in [0.2, 0.25) is 0 Å². The van der Waals surface area contributed by atoms with Crippen molar-refractivity contribution in [2.45, 2.75) is 27.3 Å². The number of esters is 1. The van der Waals surface area contributed by atoms with Gasteiger partial charge in [-0.3, -0.25) is 9.48 Å². The molecule has 0 aliphatic rings. The van der Waals surface area contributed by atoms with E-state index in [2.05, 4.69) is 5.10 Å². The second kappa shape index (κ2) is 9.47. The normalized spacial score (nSPS) is 10.6. The third kappa shape index (κ3) is 4.94. The molecule has 0 fully saturated rings. The Hall–Kier alpha value is -3.61. The summed E-state index contributed by atoms with van der Waals surface area (Å²) in [5, 5.41) is 4.48. The van der Waals surface area contributed by atoms with Crippen molar-refractivity contribution in [2.75, 3.05) is 20.8 Å². The highest BCUT2D eigenvalue weighted by Gasteiger charge is 2.22. The average Bonchev–Trinajstić information content (AvgIpc) is 3.05. The van der Waals surface area contributed by atoms with Crippen LogP contribution in [-0.2, 0) is 11.3 Å². The van der Waals surface area contributed by atoms with Crippen LogP contribution in [0.15, 0.2) is 42.5 Å². The second-order valence-electron chi connectivity index (χ2n) is 7.25. The number of nitrogens with zero attached hydrogens (tertiary/aromatic N) is 2. The zero-order valence-corrected chi connectivity index (χ0v) is 18.4. The van der Waals surface area contributed by atoms with Crippen molar-refractivity contribution in [3.05, 3.63) is 76.1 Å². The quantitative estimate of drug-likeness (QED) is 0.404. The zero-order chi connectivity index (χ0) is 22.5. The Morgan fingerprint density at radius 1 is 0.968 bits per heavy atom. The van der Waals surface area contributed by atoms with Gasteiger partial charge in [0.25, 0.3) is 0 Å². The predicted molar refractivity (Wildman–Crippen MR) is 116 cm³/mol. The maximum Gasteiger partial charge on any atom is 0.342 e. The Balaban J connectivity index is 1.73. The van der Waals surface area contributed by atoms with Gasteiger partial charge in [-0.1, -0.05) is 29.8 Å². The van der Waals surface area contributed by atoms with E-state index >= 15 is 0 Å². The van der Waals surface area contributed by atoms with E-state index in [0.29, 0.717) is 35.0 Å². The molecule has 0 aliphatic carbocycles. The van der Waals surface area contributed by atoms with Crippen LogP contribution in [-0.4, -0.2) is 42.4 Å². The lowest BCUT2D eigenvalue weighted by Crippen LogP contribution is -2.16. The number of benzene rings is 2. The van der Waals surface area contributed by atoms with E-state index < -0.39 is 12.6 Å². The maximum absolute atomic E-state index is 12.7. The molecule has 7 nitrogen and oxygen atoms in total. The van der Waals surface area contributed by atoms with Gasteiger partial charge < -0.3 is 14.2 Å². The first-order valence-corrected chi connectivity index (χ1v) is 9.86. The summed E-state index contributed by atoms with van der Waals surface area (Å²) in [6.45, 7) is 5.73. The highest BCUT2D eigenvalue weighted by Crippen LogP contribution is 2.25. The molecule has 0 saturated carbocycles. The second-order valence-corrected chi connectivity index (χ2v) is 7.25. The van der Waals surface area contributed by atoms with Crippen molar-refractivity contribution < 1.29 is 23.8 Å². The van der Waals surface area contributed by atoms with Gasteiger partial charge in [-0.25, -0.2) is 4.79 Å². The number of aryl methyl sites for hydroxylation is 2. The van der Waals surface area contributed by atoms with Crippen molar-refractivity contribution in [3.8, 4) is 11.5 Å². The Morgan fingerprint density at radius 3 is 2.32 bits per heavy atom. The number of methoxy groups -OCH3 is 2. The van der Waals surface area contributed by atoms with Gasteiger partial charge >= 0.3 is 5.97 Å². The molecule has 31 heavy (non-hydrogen) atoms. The van der Waals surface area contributed by atoms with Crippen LogP contribution < -0.4 is 9.47 Å². The van der Waals surface area contributed by atoms with Crippen molar-refractivity contribution >= 4 is 11.8 Å². The zero-order valence-electron chi connectivity index (χ0n) is 18.4. The number of rotatable bonds is 8. The van der Waals surface area contributed by atoms with Crippen molar-refractivity contribution in [3.63, 3.8) is 0 Å². The molecule has 0 N–H and O–H groups in total. The number of hydrogen-bond acceptors (Lipinski definition) is 6. The molecule has 3 aromatic rings. The molecule has 0 unspecified atom stereocenters. The van der Waals surface area contributed by atoms with Crippen LogP contribution in [0.25, 0.3) is 0 Å². The molecular weight excluding hydrogens is 396 g/mol. The molecule has 0 amide bonds. The highest BCUT2D eigenvalue weighted by molar-refractivity contribution is 6.02. The summed E-state index contributed by atoms with van der Waals surface area (Å²) < 4.78 is 17.5. The van der Waals surface area contributed by atoms with Crippen LogP contribution in [0.1, 0.15) is 43.2 Å². The summed E-state index contributed by atoms with van der Waals surface area (Å²) in [7, 11) is 2.98. The molecule has 0 atom stereocenters. The average molecular weight is 422 g/mol. The first kappa shape index (κ1) is 22.1. The number of carbonyl (C=O) groups excluding carboxylic acids is 2. The fourth-order valence-electron chi connectivity index (χ4n) is 3.33. The van der Waals surface area contributed by atoms with Crippen LogP contribution in [0.4, 0.5) is 0 Å². The highest BCUT2D eigenvalue weighted by atomic mass is 16.5. The standard InChI is InChI=1S/C24H26N2O5/c1-15-6-8-18(9-7-15)13-26-17(3)23(16(2)25-26)24(28)31-14-21(27)20-12-19(29-4)10-11-22(20)30-5/h6-12H,13-14H2,1-5H3. The Kier molecular flexibility index (Phi) is 6.74. The summed E-state index contributed by atoms with van der Waals surface area (Å²) in [6.07, 6.45) is 0. The number of hydrogen-bond donors (Lipinski definition) is 0. The van der Waals surface area contributed by atoms with E-state index in [-0.39, 0.29) is 11.3 Å². The topological polar surface area (TPSA) is 79.7 Å². The van der Waals surface area contributed by atoms with E-state index in [9.17, 15) is 9.59 Å². The third-order valence-electron chi connectivity index (χ3n) is 5.08. The summed E-state index contributed by atoms with van der Waals surface area (Å²) in [5.74, 6) is -0.0634. The van der Waals surface area contributed by atoms with Gasteiger partial charge in [0.2, 0.25) is 5.78 Å². The largest absolute Gasteiger partial charge is 0.497 e. The number of Topliss-reactive ketones (excluding diaryl/α,β-unsaturated/α-hetero) is 1. The summed E-state index contributed by atoms with van der Waals surface area (Å²) >= 11 is 0. The molecule has 1 heterocycles. The Labute approximate surface area is 181 Å². The van der Waals surface area contributed by atoms with Crippen molar-refractivity contribution in [1.82, 2.24) is 9.78 Å². The molecular formula is C24H26N2O5. The van der Waals surface area contributed by atoms with Gasteiger partial charge in [0.15, 0.2) is 6.61 Å². The van der Waals surface area contributed by atoms with E-state index in [1.165, 1.54) is 19.8 Å². The van der Waals surface area contributed by atoms with Gasteiger partial charge in [0.1, 0.15) is 17.1 Å². The van der Waals surface area contributed by atoms with E-state index in [0.717, 1.165) is 5.56 Å². The molecule has 0 aliphatic heterocycles. The van der Waals surface area contributed by atoms with E-state index in [4.69, 9.17) is 14.2 Å². The molecule has 0 radical (unpaired) electrons. The van der Waals surface area contributed by atoms with Gasteiger partial charge in [-0.05, 0) is 44.5 Å². The summed E-state index contributed by atoms with van der Waals surface area (Å²) in [4.78, 5) is 25.4. The minimum absolute atomic E-state index is 0.290. The fraction of sp³-hybridized carbons (Fsp3) is 0.292. The summed E-state index contributed by atoms with van der Waals surface area (Å²) in [6, 6.07) is 13.0. The number of aromatic nitrogens is 2. The lowest BCUT2D eigenvalue weighted by Gasteiger charge is -2.10. The molecule has 2 aromatic carbocycles. The molecule has 3 rings (SSSR count). The van der Waals surface area contributed by atoms with Gasteiger partial charge in [0, 0.05) is 0 Å². The smallest absolute Gasteiger partial charge is 0.342 e. The minimum Gasteiger partial charge on any atom is -0.497 e. The van der Waals surface area contributed by atoms with Gasteiger partial charge in [-0.2, -0.15) is 5.10 Å². The van der Waals surface area contributed by atoms with Gasteiger partial charge in [0.05, 0.1) is 37.7 Å². The molecule has 0 saturated heterocycles. The molecule has 7 heteroatoms. The van der Waals surface area contributed by atoms with Crippen LogP contribution in [0.3, 0.4) is 0 Å². The molecule has 0 spiro atoms. The van der Waals surface area contributed by atoms with E-state index in [1.807, 2.05) is 38.1 Å². The third-order valence-corrected chi connectivity index (χ3v) is 5.08. The first-order chi connectivity index (χ1) is 14.8. The molecule has 1 aromatic heterocycles. The lowest BCUT2D eigenvalue weighted by molar-refractivity contribution is 0.0472. The number of carbonyl (C=O) groups is 2. The van der Waals surface area contributed by atoms with Crippen molar-refractivity contribution in [1.29, 1.82) is 0 Å². The lowest BCUT2D eigenvalue weighted by atomic mass is 10.1. The fourth-order valence-corrected chi connectivity index (χ4v) is 3.33. The SMILES string of the molecule is COc1ccc(OC)c(C(=O)COC(=O)c2c(C)nn(Cc3ccc(C)cc3)c2C)c1. The van der Waals surface area contributed by atoms with Crippen molar-refractivity contribution in [2.24, 2.45) is 0 Å². The van der Waals surface area contributed by atoms with Gasteiger partial charge in [-0.15, -0.1) is 0 Å². The maximum atomic E-state index is 12.7. The molecule has 162 valence electrons. The summed E-state index contributed by atoms with van der Waals surface area (Å²) in [5.41, 5.74) is 4.17. The minimum atomic E-state index is -0.583. The monoisotopic (exact) mass is 422 g/mol. The Morgan fingerprint density at radius 2 is 1.68 bits per heavy atom. The van der Waals surface area contributed by atoms with Crippen LogP contribution in [0, 0.1) is 20.8 Å². The molecule has 0 bridgehead atoms. The predicted octanol–water partition coefficient (Wildman–Crippen LogP) is 3.91. The van der Waals surface area contributed by atoms with Crippen LogP contribution >= 0.6 is 0 Å². The first-order valence-electron chi connectivity index (χ1n) is 9.86. The van der Waals surface area contributed by atoms with E-state index in [1.54, 1.807) is 29.8 Å². The van der Waals surface area contributed by atoms with Crippen LogP contribution in [0.5, 0.6) is 11.5 Å². The number of ketones is 1. The Bertz CT molecular complexity index is 1100.